The third-order valence-electron chi connectivity index (χ3n) is 3.47. The predicted molar refractivity (Wildman–Crippen MR) is 79.8 cm³/mol. The summed E-state index contributed by atoms with van der Waals surface area (Å²) in [5.41, 5.74) is -0.0818. The molecule has 6 nitrogen and oxygen atoms in total. The van der Waals surface area contributed by atoms with Crippen LogP contribution in [0.4, 0.5) is 0 Å². The van der Waals surface area contributed by atoms with E-state index in [0.29, 0.717) is 12.8 Å². The molecule has 0 aliphatic carbocycles. The van der Waals surface area contributed by atoms with Crippen LogP contribution in [0.2, 0.25) is 0 Å². The molecular weight excluding hydrogens is 288 g/mol. The molecule has 0 fully saturated rings. The van der Waals surface area contributed by atoms with E-state index in [2.05, 4.69) is 0 Å². The van der Waals surface area contributed by atoms with Crippen molar-refractivity contribution in [2.75, 3.05) is 13.2 Å². The summed E-state index contributed by atoms with van der Waals surface area (Å²) in [6.45, 7) is 1.92. The zero-order valence-electron chi connectivity index (χ0n) is 12.6. The summed E-state index contributed by atoms with van der Waals surface area (Å²) in [5, 5.41) is 27.5. The van der Waals surface area contributed by atoms with Crippen LogP contribution in [-0.2, 0) is 4.74 Å². The van der Waals surface area contributed by atoms with Crippen molar-refractivity contribution in [3.63, 3.8) is 0 Å². The average Bonchev–Trinajstić information content (AvgIpc) is 2.51. The van der Waals surface area contributed by atoms with Gasteiger partial charge >= 0.3 is 11.9 Å². The second-order valence-corrected chi connectivity index (χ2v) is 5.13. The van der Waals surface area contributed by atoms with Crippen molar-refractivity contribution in [1.29, 1.82) is 0 Å². The fraction of sp³-hybridized carbons (Fsp3) is 0.500. The van der Waals surface area contributed by atoms with Gasteiger partial charge in [-0.1, -0.05) is 19.1 Å². The van der Waals surface area contributed by atoms with Gasteiger partial charge in [0.1, 0.15) is 0 Å². The van der Waals surface area contributed by atoms with Crippen LogP contribution in [0.5, 0.6) is 0 Å². The lowest BCUT2D eigenvalue weighted by molar-refractivity contribution is 0.0349. The topological polar surface area (TPSA) is 104 Å². The molecule has 2 atom stereocenters. The maximum Gasteiger partial charge on any atom is 0.339 e. The number of ether oxygens (including phenoxy) is 1. The highest BCUT2D eigenvalue weighted by Gasteiger charge is 2.19. The molecule has 3 N–H and O–H groups in total. The number of carbonyl (C=O) groups is 2. The summed E-state index contributed by atoms with van der Waals surface area (Å²) in [4.78, 5) is 23.1. The number of aromatic carboxylic acids is 1. The standard InChI is InChI=1S/C16H22O6/c1-2-11(9-12(18)7-8-17)10-22-16(21)14-6-4-3-5-13(14)15(19)20/h3-6,11-12,17-18H,2,7-10H2,1H3,(H,19,20). The highest BCUT2D eigenvalue weighted by molar-refractivity contribution is 6.02. The number of hydrogen-bond donors (Lipinski definition) is 3. The van der Waals surface area contributed by atoms with Gasteiger partial charge in [-0.05, 0) is 37.3 Å². The Balaban J connectivity index is 2.63. The number of benzene rings is 1. The lowest BCUT2D eigenvalue weighted by Gasteiger charge is -2.18. The lowest BCUT2D eigenvalue weighted by Crippen LogP contribution is -2.21. The first-order valence-electron chi connectivity index (χ1n) is 7.27. The molecule has 0 heterocycles. The van der Waals surface area contributed by atoms with Crippen LogP contribution in [0.3, 0.4) is 0 Å². The van der Waals surface area contributed by atoms with E-state index >= 15 is 0 Å². The molecule has 0 spiro atoms. The number of carbonyl (C=O) groups excluding carboxylic acids is 1. The molecular formula is C16H22O6. The number of aliphatic hydroxyl groups is 2. The van der Waals surface area contributed by atoms with E-state index in [1.54, 1.807) is 12.1 Å². The number of esters is 1. The second-order valence-electron chi connectivity index (χ2n) is 5.13. The average molecular weight is 310 g/mol. The smallest absolute Gasteiger partial charge is 0.339 e. The molecule has 0 amide bonds. The van der Waals surface area contributed by atoms with Crippen LogP contribution in [0.25, 0.3) is 0 Å². The molecule has 1 aromatic rings. The van der Waals surface area contributed by atoms with Crippen LogP contribution in [0, 0.1) is 5.92 Å². The third-order valence-corrected chi connectivity index (χ3v) is 3.47. The highest BCUT2D eigenvalue weighted by Crippen LogP contribution is 2.16. The molecule has 0 aromatic heterocycles. The summed E-state index contributed by atoms with van der Waals surface area (Å²) in [5.74, 6) is -1.91. The van der Waals surface area contributed by atoms with Crippen LogP contribution >= 0.6 is 0 Å². The van der Waals surface area contributed by atoms with E-state index in [4.69, 9.17) is 14.9 Å². The van der Waals surface area contributed by atoms with E-state index in [1.165, 1.54) is 12.1 Å². The van der Waals surface area contributed by atoms with Crippen LogP contribution in [0.15, 0.2) is 24.3 Å². The normalized spacial score (nSPS) is 13.4. The largest absolute Gasteiger partial charge is 0.478 e. The van der Waals surface area contributed by atoms with Gasteiger partial charge in [-0.15, -0.1) is 0 Å². The minimum Gasteiger partial charge on any atom is -0.478 e. The third kappa shape index (κ3) is 5.46. The Labute approximate surface area is 129 Å². The number of carboxylic acids is 1. The summed E-state index contributed by atoms with van der Waals surface area (Å²) < 4.78 is 5.18. The molecule has 22 heavy (non-hydrogen) atoms. The van der Waals surface area contributed by atoms with Crippen LogP contribution in [-0.4, -0.2) is 46.6 Å². The van der Waals surface area contributed by atoms with Crippen molar-refractivity contribution >= 4 is 11.9 Å². The summed E-state index contributed by atoms with van der Waals surface area (Å²) in [6.07, 6.45) is 0.771. The Morgan fingerprint density at radius 2 is 1.86 bits per heavy atom. The molecule has 2 unspecified atom stereocenters. The summed E-state index contributed by atoms with van der Waals surface area (Å²) >= 11 is 0. The fourth-order valence-electron chi connectivity index (χ4n) is 2.12. The van der Waals surface area contributed by atoms with Crippen molar-refractivity contribution in [2.24, 2.45) is 5.92 Å². The first-order valence-corrected chi connectivity index (χ1v) is 7.27. The maximum atomic E-state index is 12.0. The molecule has 0 bridgehead atoms. The molecule has 0 saturated heterocycles. The molecule has 1 aromatic carbocycles. The van der Waals surface area contributed by atoms with E-state index < -0.39 is 18.0 Å². The van der Waals surface area contributed by atoms with Crippen molar-refractivity contribution in [3.8, 4) is 0 Å². The zero-order valence-corrected chi connectivity index (χ0v) is 12.6. The minimum atomic E-state index is -1.18. The molecule has 0 aliphatic heterocycles. The van der Waals surface area contributed by atoms with Crippen molar-refractivity contribution in [2.45, 2.75) is 32.3 Å². The SMILES string of the molecule is CCC(COC(=O)c1ccccc1C(=O)O)CC(O)CCO. The summed E-state index contributed by atoms with van der Waals surface area (Å²) in [6, 6.07) is 5.88. The monoisotopic (exact) mass is 310 g/mol. The van der Waals surface area contributed by atoms with Gasteiger partial charge < -0.3 is 20.1 Å². The second kappa shape index (κ2) is 9.17. The van der Waals surface area contributed by atoms with E-state index in [0.717, 1.165) is 0 Å². The minimum absolute atomic E-state index is 0.0146. The molecule has 122 valence electrons. The Morgan fingerprint density at radius 1 is 1.23 bits per heavy atom. The van der Waals surface area contributed by atoms with Crippen LogP contribution < -0.4 is 0 Å². The van der Waals surface area contributed by atoms with E-state index in [1.807, 2.05) is 6.92 Å². The van der Waals surface area contributed by atoms with Gasteiger partial charge in [-0.25, -0.2) is 9.59 Å². The summed E-state index contributed by atoms with van der Waals surface area (Å²) in [7, 11) is 0. The molecule has 0 saturated carbocycles. The van der Waals surface area contributed by atoms with Crippen LogP contribution in [0.1, 0.15) is 46.9 Å². The Hall–Kier alpha value is -1.92. The predicted octanol–water partition coefficient (Wildman–Crippen LogP) is 1.70. The van der Waals surface area contributed by atoms with Gasteiger partial charge in [0.15, 0.2) is 0 Å². The Kier molecular flexibility index (Phi) is 7.56. The first-order chi connectivity index (χ1) is 10.5. The quantitative estimate of drug-likeness (QED) is 0.600. The lowest BCUT2D eigenvalue weighted by atomic mass is 9.98. The van der Waals surface area contributed by atoms with Crippen molar-refractivity contribution in [1.82, 2.24) is 0 Å². The molecule has 0 aliphatic rings. The van der Waals surface area contributed by atoms with Gasteiger partial charge in [0, 0.05) is 6.61 Å². The van der Waals surface area contributed by atoms with Gasteiger partial charge in [-0.2, -0.15) is 0 Å². The number of rotatable bonds is 9. The van der Waals surface area contributed by atoms with Crippen molar-refractivity contribution < 1.29 is 29.6 Å². The van der Waals surface area contributed by atoms with Gasteiger partial charge in [0.25, 0.3) is 0 Å². The fourth-order valence-corrected chi connectivity index (χ4v) is 2.12. The maximum absolute atomic E-state index is 12.0. The zero-order chi connectivity index (χ0) is 16.5. The van der Waals surface area contributed by atoms with E-state index in [9.17, 15) is 14.7 Å². The number of hydrogen-bond acceptors (Lipinski definition) is 5. The molecule has 0 radical (unpaired) electrons. The van der Waals surface area contributed by atoms with Gasteiger partial charge in [0.05, 0.1) is 23.8 Å². The number of aliphatic hydroxyl groups excluding tert-OH is 2. The molecule has 1 rings (SSSR count). The number of carboxylic acid groups (broad SMARTS) is 1. The van der Waals surface area contributed by atoms with E-state index in [-0.39, 0.29) is 36.7 Å². The van der Waals surface area contributed by atoms with Gasteiger partial charge in [0.2, 0.25) is 0 Å². The first kappa shape index (κ1) is 18.1. The Bertz CT molecular complexity index is 499. The molecule has 6 heteroatoms. The highest BCUT2D eigenvalue weighted by atomic mass is 16.5. The van der Waals surface area contributed by atoms with Crippen molar-refractivity contribution in [3.05, 3.63) is 35.4 Å². The Morgan fingerprint density at radius 3 is 2.41 bits per heavy atom. The van der Waals surface area contributed by atoms with Gasteiger partial charge in [-0.3, -0.25) is 0 Å².